The van der Waals surface area contributed by atoms with Crippen molar-refractivity contribution in [2.45, 2.75) is 25.5 Å². The third-order valence-electron chi connectivity index (χ3n) is 1.58. The van der Waals surface area contributed by atoms with Crippen molar-refractivity contribution >= 4 is 17.8 Å². The van der Waals surface area contributed by atoms with Gasteiger partial charge >= 0.3 is 6.03 Å². The van der Waals surface area contributed by atoms with Gasteiger partial charge in [-0.1, -0.05) is 6.92 Å². The summed E-state index contributed by atoms with van der Waals surface area (Å²) in [5.74, 6) is 0. The molecule has 3 nitrogen and oxygen atoms in total. The highest BCUT2D eigenvalue weighted by Gasteiger charge is 2.00. The summed E-state index contributed by atoms with van der Waals surface area (Å²) in [6.07, 6.45) is 3.11. The Kier molecular flexibility index (Phi) is 7.05. The fraction of sp³-hybridized carbons (Fsp3) is 0.875. The zero-order valence-corrected chi connectivity index (χ0v) is 8.83. The summed E-state index contributed by atoms with van der Waals surface area (Å²) >= 11 is 1.82. The second kappa shape index (κ2) is 7.28. The molecule has 72 valence electrons. The molecule has 0 aliphatic heterocycles. The van der Waals surface area contributed by atoms with E-state index in [1.54, 1.807) is 0 Å². The van der Waals surface area contributed by atoms with E-state index in [9.17, 15) is 4.79 Å². The number of carbonyl (C=O) groups is 1. The number of urea groups is 1. The summed E-state index contributed by atoms with van der Waals surface area (Å²) in [6.45, 7) is 5.51. The van der Waals surface area contributed by atoms with Crippen LogP contribution in [0.3, 0.4) is 0 Å². The van der Waals surface area contributed by atoms with Gasteiger partial charge in [0.05, 0.1) is 0 Å². The SMILES string of the molecule is CCNC(=O)NCCC(C)SC. The summed E-state index contributed by atoms with van der Waals surface area (Å²) in [7, 11) is 0. The van der Waals surface area contributed by atoms with Crippen LogP contribution in [0.4, 0.5) is 4.79 Å². The molecule has 1 unspecified atom stereocenters. The molecule has 0 aromatic heterocycles. The minimum atomic E-state index is -0.0641. The Hall–Kier alpha value is -0.380. The highest BCUT2D eigenvalue weighted by Crippen LogP contribution is 2.07. The first-order valence-corrected chi connectivity index (χ1v) is 5.54. The molecule has 0 aliphatic carbocycles. The van der Waals surface area contributed by atoms with Crippen LogP contribution < -0.4 is 10.6 Å². The largest absolute Gasteiger partial charge is 0.338 e. The Balaban J connectivity index is 3.24. The Morgan fingerprint density at radius 3 is 2.67 bits per heavy atom. The van der Waals surface area contributed by atoms with Crippen LogP contribution in [0.1, 0.15) is 20.3 Å². The number of hydrogen-bond donors (Lipinski definition) is 2. The van der Waals surface area contributed by atoms with Gasteiger partial charge in [-0.3, -0.25) is 0 Å². The molecular weight excluding hydrogens is 172 g/mol. The fourth-order valence-corrected chi connectivity index (χ4v) is 1.08. The molecule has 2 N–H and O–H groups in total. The maximum atomic E-state index is 10.9. The van der Waals surface area contributed by atoms with Crippen LogP contribution >= 0.6 is 11.8 Å². The number of thioether (sulfide) groups is 1. The molecule has 4 heteroatoms. The van der Waals surface area contributed by atoms with E-state index in [1.165, 1.54) is 0 Å². The maximum Gasteiger partial charge on any atom is 0.314 e. The van der Waals surface area contributed by atoms with Gasteiger partial charge in [-0.15, -0.1) is 0 Å². The first-order chi connectivity index (χ1) is 5.70. The molecule has 0 aromatic rings. The van der Waals surface area contributed by atoms with Gasteiger partial charge in [0.25, 0.3) is 0 Å². The summed E-state index contributed by atoms with van der Waals surface area (Å²) in [5.41, 5.74) is 0. The lowest BCUT2D eigenvalue weighted by Crippen LogP contribution is -2.36. The Bertz CT molecular complexity index is 130. The highest BCUT2D eigenvalue weighted by molar-refractivity contribution is 7.99. The quantitative estimate of drug-likeness (QED) is 0.689. The predicted molar refractivity (Wildman–Crippen MR) is 54.7 cm³/mol. The van der Waals surface area contributed by atoms with Gasteiger partial charge in [0.1, 0.15) is 0 Å². The highest BCUT2D eigenvalue weighted by atomic mass is 32.2. The van der Waals surface area contributed by atoms with Gasteiger partial charge in [-0.25, -0.2) is 4.79 Å². The minimum absolute atomic E-state index is 0.0641. The van der Waals surface area contributed by atoms with Crippen molar-refractivity contribution < 1.29 is 4.79 Å². The molecule has 0 rings (SSSR count). The van der Waals surface area contributed by atoms with Gasteiger partial charge in [0.2, 0.25) is 0 Å². The van der Waals surface area contributed by atoms with E-state index in [4.69, 9.17) is 0 Å². The lowest BCUT2D eigenvalue weighted by atomic mass is 10.3. The van der Waals surface area contributed by atoms with Crippen molar-refractivity contribution in [2.24, 2.45) is 0 Å². The number of amides is 2. The standard InChI is InChI=1S/C8H18N2OS/c1-4-9-8(11)10-6-5-7(2)12-3/h7H,4-6H2,1-3H3,(H2,9,10,11). The van der Waals surface area contributed by atoms with Crippen molar-refractivity contribution in [3.05, 3.63) is 0 Å². The first-order valence-electron chi connectivity index (χ1n) is 4.25. The Morgan fingerprint density at radius 1 is 1.50 bits per heavy atom. The molecule has 0 saturated carbocycles. The zero-order valence-electron chi connectivity index (χ0n) is 8.02. The van der Waals surface area contributed by atoms with Crippen LogP contribution in [-0.4, -0.2) is 30.6 Å². The van der Waals surface area contributed by atoms with E-state index in [-0.39, 0.29) is 6.03 Å². The lowest BCUT2D eigenvalue weighted by Gasteiger charge is -2.09. The molecule has 0 saturated heterocycles. The van der Waals surface area contributed by atoms with E-state index >= 15 is 0 Å². The first kappa shape index (κ1) is 11.6. The van der Waals surface area contributed by atoms with Gasteiger partial charge in [0, 0.05) is 18.3 Å². The number of rotatable bonds is 5. The second-order valence-corrected chi connectivity index (χ2v) is 3.90. The average Bonchev–Trinajstić information content (AvgIpc) is 2.04. The van der Waals surface area contributed by atoms with Gasteiger partial charge in [-0.05, 0) is 19.6 Å². The van der Waals surface area contributed by atoms with E-state index in [1.807, 2.05) is 18.7 Å². The Labute approximate surface area is 78.7 Å². The van der Waals surface area contributed by atoms with Crippen LogP contribution in [0.2, 0.25) is 0 Å². The molecule has 2 amide bonds. The topological polar surface area (TPSA) is 41.1 Å². The number of hydrogen-bond acceptors (Lipinski definition) is 2. The lowest BCUT2D eigenvalue weighted by molar-refractivity contribution is 0.241. The molecule has 0 aromatic carbocycles. The molecule has 0 aliphatic rings. The molecule has 0 radical (unpaired) electrons. The van der Waals surface area contributed by atoms with E-state index in [2.05, 4.69) is 23.8 Å². The monoisotopic (exact) mass is 190 g/mol. The van der Waals surface area contributed by atoms with Crippen molar-refractivity contribution in [2.75, 3.05) is 19.3 Å². The minimum Gasteiger partial charge on any atom is -0.338 e. The average molecular weight is 190 g/mol. The molecule has 0 heterocycles. The van der Waals surface area contributed by atoms with Crippen LogP contribution in [0.5, 0.6) is 0 Å². The van der Waals surface area contributed by atoms with Crippen LogP contribution in [0, 0.1) is 0 Å². The van der Waals surface area contributed by atoms with Crippen molar-refractivity contribution in [1.29, 1.82) is 0 Å². The summed E-state index contributed by atoms with van der Waals surface area (Å²) in [5, 5.41) is 6.08. The molecular formula is C8H18N2OS. The van der Waals surface area contributed by atoms with Gasteiger partial charge in [-0.2, -0.15) is 11.8 Å². The van der Waals surface area contributed by atoms with Crippen LogP contribution in [-0.2, 0) is 0 Å². The van der Waals surface area contributed by atoms with E-state index in [0.29, 0.717) is 11.8 Å². The van der Waals surface area contributed by atoms with E-state index in [0.717, 1.165) is 13.0 Å². The zero-order chi connectivity index (χ0) is 9.40. The third-order valence-corrected chi connectivity index (χ3v) is 2.62. The summed E-state index contributed by atoms with van der Waals surface area (Å²) < 4.78 is 0. The molecule has 0 bridgehead atoms. The van der Waals surface area contributed by atoms with Crippen molar-refractivity contribution in [1.82, 2.24) is 10.6 Å². The number of nitrogens with one attached hydrogen (secondary N) is 2. The van der Waals surface area contributed by atoms with Crippen molar-refractivity contribution in [3.8, 4) is 0 Å². The summed E-state index contributed by atoms with van der Waals surface area (Å²) in [4.78, 5) is 10.9. The fourth-order valence-electron chi connectivity index (χ4n) is 0.730. The molecule has 1 atom stereocenters. The molecule has 0 fully saturated rings. The second-order valence-electron chi connectivity index (χ2n) is 2.62. The van der Waals surface area contributed by atoms with Crippen molar-refractivity contribution in [3.63, 3.8) is 0 Å². The summed E-state index contributed by atoms with van der Waals surface area (Å²) in [6, 6.07) is -0.0641. The predicted octanol–water partition coefficient (Wildman–Crippen LogP) is 1.45. The number of carbonyl (C=O) groups excluding carboxylic acids is 1. The molecule has 12 heavy (non-hydrogen) atoms. The van der Waals surface area contributed by atoms with Crippen LogP contribution in [0.15, 0.2) is 0 Å². The van der Waals surface area contributed by atoms with Crippen LogP contribution in [0.25, 0.3) is 0 Å². The van der Waals surface area contributed by atoms with Gasteiger partial charge in [0.15, 0.2) is 0 Å². The normalized spacial score (nSPS) is 12.2. The molecule has 0 spiro atoms. The maximum absolute atomic E-state index is 10.9. The smallest absolute Gasteiger partial charge is 0.314 e. The van der Waals surface area contributed by atoms with Gasteiger partial charge < -0.3 is 10.6 Å². The third kappa shape index (κ3) is 6.34. The Morgan fingerprint density at radius 2 is 2.17 bits per heavy atom. The van der Waals surface area contributed by atoms with E-state index < -0.39 is 0 Å².